The first-order valence-electron chi connectivity index (χ1n) is 8.95. The van der Waals surface area contributed by atoms with E-state index in [0.29, 0.717) is 11.7 Å². The van der Waals surface area contributed by atoms with Crippen molar-refractivity contribution in [3.8, 4) is 5.69 Å². The first kappa shape index (κ1) is 19.4. The van der Waals surface area contributed by atoms with Gasteiger partial charge in [0.05, 0.1) is 16.4 Å². The second-order valence-electron chi connectivity index (χ2n) is 6.56. The Morgan fingerprint density at radius 1 is 1.14 bits per heavy atom. The quantitative estimate of drug-likeness (QED) is 0.466. The normalized spacial score (nSPS) is 13.2. The van der Waals surface area contributed by atoms with Crippen LogP contribution >= 0.6 is 23.2 Å². The Bertz CT molecular complexity index is 1060. The molecule has 0 saturated heterocycles. The smallest absolute Gasteiger partial charge is 0.359 e. The van der Waals surface area contributed by atoms with Crippen molar-refractivity contribution in [1.82, 2.24) is 14.8 Å². The fraction of sp³-hybridized carbons (Fsp3) is 0.200. The number of para-hydroxylation sites is 1. The lowest BCUT2D eigenvalue weighted by Gasteiger charge is -2.09. The maximum Gasteiger partial charge on any atom is 0.359 e. The number of nitrogens with one attached hydrogen (secondary N) is 1. The summed E-state index contributed by atoms with van der Waals surface area (Å²) < 4.78 is 6.69. The van der Waals surface area contributed by atoms with Crippen LogP contribution in [0.3, 0.4) is 0 Å². The van der Waals surface area contributed by atoms with E-state index >= 15 is 0 Å². The van der Waals surface area contributed by atoms with Crippen LogP contribution in [0.4, 0.5) is 5.82 Å². The summed E-state index contributed by atoms with van der Waals surface area (Å²) in [7, 11) is 0. The highest BCUT2D eigenvalue weighted by Crippen LogP contribution is 2.40. The molecule has 1 N–H and O–H groups in total. The van der Waals surface area contributed by atoms with Gasteiger partial charge in [0, 0.05) is 12.0 Å². The minimum atomic E-state index is -0.831. The van der Waals surface area contributed by atoms with Crippen LogP contribution in [0.5, 0.6) is 0 Å². The molecule has 4 rings (SSSR count). The second-order valence-corrected chi connectivity index (χ2v) is 7.36. The summed E-state index contributed by atoms with van der Waals surface area (Å²) >= 11 is 11.7. The molecule has 1 aromatic carbocycles. The SMILES string of the molecule is O=C(COC(=O)c1nc(Cl)ccc1Cl)Nc1cc(C2CC2)nn1-c1ccccc1. The second kappa shape index (κ2) is 8.23. The van der Waals surface area contributed by atoms with Crippen LogP contribution in [0.25, 0.3) is 5.69 Å². The van der Waals surface area contributed by atoms with E-state index in [2.05, 4.69) is 15.4 Å². The number of amides is 1. The molecular weight excluding hydrogens is 415 g/mol. The van der Waals surface area contributed by atoms with Crippen LogP contribution in [0, 0.1) is 0 Å². The highest BCUT2D eigenvalue weighted by Gasteiger charge is 2.28. The van der Waals surface area contributed by atoms with Crippen molar-refractivity contribution < 1.29 is 14.3 Å². The number of hydrogen-bond acceptors (Lipinski definition) is 5. The predicted molar refractivity (Wildman–Crippen MR) is 109 cm³/mol. The Balaban J connectivity index is 1.46. The fourth-order valence-electron chi connectivity index (χ4n) is 2.77. The molecular formula is C20H16Cl2N4O3. The van der Waals surface area contributed by atoms with E-state index in [1.54, 1.807) is 4.68 Å². The number of aromatic nitrogens is 3. The van der Waals surface area contributed by atoms with Crippen molar-refractivity contribution in [3.63, 3.8) is 0 Å². The van der Waals surface area contributed by atoms with Crippen molar-refractivity contribution in [1.29, 1.82) is 0 Å². The number of esters is 1. The number of pyridine rings is 1. The number of nitrogens with zero attached hydrogens (tertiary/aromatic N) is 3. The molecule has 2 heterocycles. The highest BCUT2D eigenvalue weighted by atomic mass is 35.5. The van der Waals surface area contributed by atoms with Crippen LogP contribution in [-0.4, -0.2) is 33.2 Å². The van der Waals surface area contributed by atoms with E-state index in [-0.39, 0.29) is 15.9 Å². The fourth-order valence-corrected chi connectivity index (χ4v) is 3.10. The minimum Gasteiger partial charge on any atom is -0.451 e. The summed E-state index contributed by atoms with van der Waals surface area (Å²) in [6.45, 7) is -0.498. The van der Waals surface area contributed by atoms with Gasteiger partial charge in [0.25, 0.3) is 5.91 Å². The summed E-state index contributed by atoms with van der Waals surface area (Å²) in [5.74, 6) is -0.402. The van der Waals surface area contributed by atoms with Gasteiger partial charge in [-0.15, -0.1) is 0 Å². The molecule has 3 aromatic rings. The molecule has 1 fully saturated rings. The number of halogens is 2. The van der Waals surface area contributed by atoms with Gasteiger partial charge in [-0.1, -0.05) is 41.4 Å². The number of ether oxygens (including phenoxy) is 1. The van der Waals surface area contributed by atoms with Crippen LogP contribution in [-0.2, 0) is 9.53 Å². The summed E-state index contributed by atoms with van der Waals surface area (Å²) in [6.07, 6.45) is 2.17. The molecule has 0 atom stereocenters. The lowest BCUT2D eigenvalue weighted by molar-refractivity contribution is -0.119. The van der Waals surface area contributed by atoms with Gasteiger partial charge in [-0.25, -0.2) is 14.5 Å². The van der Waals surface area contributed by atoms with Gasteiger partial charge in [0.2, 0.25) is 0 Å². The lowest BCUT2D eigenvalue weighted by Crippen LogP contribution is -2.22. The van der Waals surface area contributed by atoms with Gasteiger partial charge in [0.15, 0.2) is 12.3 Å². The molecule has 0 unspecified atom stereocenters. The summed E-state index contributed by atoms with van der Waals surface area (Å²) in [5, 5.41) is 7.56. The predicted octanol–water partition coefficient (Wildman–Crippen LogP) is 4.25. The van der Waals surface area contributed by atoms with Crippen LogP contribution in [0.1, 0.15) is 34.9 Å². The number of hydrogen-bond donors (Lipinski definition) is 1. The van der Waals surface area contributed by atoms with Crippen molar-refractivity contribution in [2.75, 3.05) is 11.9 Å². The Hall–Kier alpha value is -2.90. The molecule has 1 amide bonds. The number of anilines is 1. The zero-order chi connectivity index (χ0) is 20.4. The molecule has 0 bridgehead atoms. The molecule has 1 saturated carbocycles. The third-order valence-electron chi connectivity index (χ3n) is 4.33. The minimum absolute atomic E-state index is 0.0936. The van der Waals surface area contributed by atoms with Gasteiger partial charge in [-0.05, 0) is 37.1 Å². The lowest BCUT2D eigenvalue weighted by atomic mass is 10.3. The van der Waals surface area contributed by atoms with Gasteiger partial charge in [-0.3, -0.25) is 4.79 Å². The molecule has 29 heavy (non-hydrogen) atoms. The Morgan fingerprint density at radius 3 is 2.62 bits per heavy atom. The van der Waals surface area contributed by atoms with Crippen molar-refractivity contribution in [2.45, 2.75) is 18.8 Å². The third kappa shape index (κ3) is 4.58. The van der Waals surface area contributed by atoms with E-state index in [1.165, 1.54) is 12.1 Å². The maximum absolute atomic E-state index is 12.4. The van der Waals surface area contributed by atoms with Crippen molar-refractivity contribution >= 4 is 40.9 Å². The Morgan fingerprint density at radius 2 is 1.90 bits per heavy atom. The summed E-state index contributed by atoms with van der Waals surface area (Å²) in [4.78, 5) is 28.3. The molecule has 0 spiro atoms. The molecule has 0 aliphatic heterocycles. The van der Waals surface area contributed by atoms with Crippen molar-refractivity contribution in [2.24, 2.45) is 0 Å². The first-order valence-corrected chi connectivity index (χ1v) is 9.71. The average Bonchev–Trinajstić information content (AvgIpc) is 3.49. The van der Waals surface area contributed by atoms with Crippen molar-refractivity contribution in [3.05, 3.63) is 70.1 Å². The average molecular weight is 431 g/mol. The molecule has 1 aliphatic carbocycles. The molecule has 2 aromatic heterocycles. The standard InChI is InChI=1S/C20H16Cl2N4O3/c21-14-8-9-16(22)23-19(14)20(28)29-11-18(27)24-17-10-15(12-6-7-12)25-26(17)13-4-2-1-3-5-13/h1-5,8-10,12H,6-7,11H2,(H,24,27). The zero-order valence-electron chi connectivity index (χ0n) is 15.1. The van der Waals surface area contributed by atoms with Crippen LogP contribution < -0.4 is 5.32 Å². The number of rotatable bonds is 6. The van der Waals surface area contributed by atoms with Gasteiger partial charge in [-0.2, -0.15) is 5.10 Å². The Labute approximate surface area is 176 Å². The largest absolute Gasteiger partial charge is 0.451 e. The summed E-state index contributed by atoms with van der Waals surface area (Å²) in [6, 6.07) is 14.2. The molecule has 0 radical (unpaired) electrons. The topological polar surface area (TPSA) is 86.1 Å². The number of carbonyl (C=O) groups excluding carboxylic acids is 2. The summed E-state index contributed by atoms with van der Waals surface area (Å²) in [5.41, 5.74) is 1.61. The number of carbonyl (C=O) groups is 2. The van der Waals surface area contributed by atoms with Crippen LogP contribution in [0.2, 0.25) is 10.2 Å². The molecule has 1 aliphatic rings. The van der Waals surface area contributed by atoms with E-state index in [0.717, 1.165) is 24.2 Å². The van der Waals surface area contributed by atoms with E-state index in [1.807, 2.05) is 36.4 Å². The maximum atomic E-state index is 12.4. The highest BCUT2D eigenvalue weighted by molar-refractivity contribution is 6.34. The molecule has 148 valence electrons. The molecule has 7 nitrogen and oxygen atoms in total. The monoisotopic (exact) mass is 430 g/mol. The van der Waals surface area contributed by atoms with E-state index in [9.17, 15) is 9.59 Å². The Kier molecular flexibility index (Phi) is 5.51. The number of benzene rings is 1. The van der Waals surface area contributed by atoms with E-state index < -0.39 is 18.5 Å². The van der Waals surface area contributed by atoms with Gasteiger partial charge < -0.3 is 10.1 Å². The van der Waals surface area contributed by atoms with Crippen LogP contribution in [0.15, 0.2) is 48.5 Å². The molecule has 9 heteroatoms. The zero-order valence-corrected chi connectivity index (χ0v) is 16.7. The van der Waals surface area contributed by atoms with E-state index in [4.69, 9.17) is 27.9 Å². The third-order valence-corrected chi connectivity index (χ3v) is 4.85. The first-order chi connectivity index (χ1) is 14.0. The van der Waals surface area contributed by atoms with Gasteiger partial charge >= 0.3 is 5.97 Å². The van der Waals surface area contributed by atoms with Gasteiger partial charge in [0.1, 0.15) is 11.0 Å².